The van der Waals surface area contributed by atoms with Gasteiger partial charge in [0, 0.05) is 0 Å². The Balaban J connectivity index is 3.31. The van der Waals surface area contributed by atoms with Crippen LogP contribution in [0.1, 0.15) is 13.3 Å². The van der Waals surface area contributed by atoms with Crippen LogP contribution >= 0.6 is 0 Å². The monoisotopic (exact) mass is 135 g/mol. The Bertz CT molecular complexity index is 63.2. The molecule has 2 unspecified atom stereocenters. The summed E-state index contributed by atoms with van der Waals surface area (Å²) in [5.41, 5.74) is 1.87. The predicted octanol–water partition coefficient (Wildman–Crippen LogP) is -0.903. The first-order valence-corrected chi connectivity index (χ1v) is 2.89. The fourth-order valence-electron chi connectivity index (χ4n) is 0.580. The van der Waals surface area contributed by atoms with E-state index in [1.165, 1.54) is 0 Å². The van der Waals surface area contributed by atoms with Crippen molar-refractivity contribution >= 4 is 0 Å². The number of aliphatic hydroxyl groups is 2. The second-order valence-corrected chi connectivity index (χ2v) is 2.09. The number of hydrogen-bond donors (Lipinski definition) is 4. The van der Waals surface area contributed by atoms with Crippen molar-refractivity contribution in [2.45, 2.75) is 25.5 Å². The highest BCUT2D eigenvalue weighted by atomic mass is 16.5. The molecular weight excluding hydrogens is 122 g/mol. The minimum Gasteiger partial charge on any atom is -0.395 e. The van der Waals surface area contributed by atoms with Crippen LogP contribution in [0.4, 0.5) is 0 Å². The molecule has 0 heterocycles. The Hall–Kier alpha value is -0.160. The summed E-state index contributed by atoms with van der Waals surface area (Å²) >= 11 is 0. The van der Waals surface area contributed by atoms with Crippen molar-refractivity contribution in [1.82, 2.24) is 5.48 Å². The molecule has 0 aliphatic rings. The van der Waals surface area contributed by atoms with Gasteiger partial charge in [-0.2, -0.15) is 0 Å². The van der Waals surface area contributed by atoms with Crippen LogP contribution < -0.4 is 5.48 Å². The van der Waals surface area contributed by atoms with Gasteiger partial charge < -0.3 is 15.4 Å². The van der Waals surface area contributed by atoms with Gasteiger partial charge in [0.05, 0.1) is 18.8 Å². The summed E-state index contributed by atoms with van der Waals surface area (Å²) in [6, 6.07) is -0.412. The van der Waals surface area contributed by atoms with E-state index in [0.717, 1.165) is 0 Å². The van der Waals surface area contributed by atoms with E-state index >= 15 is 0 Å². The quantitative estimate of drug-likeness (QED) is 0.377. The second-order valence-electron chi connectivity index (χ2n) is 2.09. The summed E-state index contributed by atoms with van der Waals surface area (Å²) in [6.45, 7) is 1.43. The number of rotatable bonds is 4. The summed E-state index contributed by atoms with van der Waals surface area (Å²) in [6.07, 6.45) is -0.144. The van der Waals surface area contributed by atoms with E-state index in [1.54, 1.807) is 6.92 Å². The first-order valence-electron chi connectivity index (χ1n) is 2.89. The Labute approximate surface area is 54.1 Å². The molecule has 0 aromatic heterocycles. The summed E-state index contributed by atoms with van der Waals surface area (Å²) < 4.78 is 0. The van der Waals surface area contributed by atoms with E-state index < -0.39 is 12.1 Å². The maximum Gasteiger partial charge on any atom is 0.0608 e. The lowest BCUT2D eigenvalue weighted by Gasteiger charge is -2.12. The highest BCUT2D eigenvalue weighted by Crippen LogP contribution is 1.94. The maximum absolute atomic E-state index is 8.72. The minimum absolute atomic E-state index is 0.165. The molecule has 0 aliphatic carbocycles. The number of aliphatic hydroxyl groups excluding tert-OH is 2. The van der Waals surface area contributed by atoms with Crippen molar-refractivity contribution in [1.29, 1.82) is 0 Å². The lowest BCUT2D eigenvalue weighted by molar-refractivity contribution is 0.0590. The van der Waals surface area contributed by atoms with Crippen molar-refractivity contribution in [3.8, 4) is 0 Å². The molecule has 0 fully saturated rings. The van der Waals surface area contributed by atoms with Crippen molar-refractivity contribution in [3.05, 3.63) is 0 Å². The highest BCUT2D eigenvalue weighted by molar-refractivity contribution is 4.62. The van der Waals surface area contributed by atoms with Crippen molar-refractivity contribution in [2.75, 3.05) is 6.61 Å². The molecule has 0 aromatic rings. The summed E-state index contributed by atoms with van der Waals surface area (Å²) in [4.78, 5) is 0. The van der Waals surface area contributed by atoms with Gasteiger partial charge in [-0.3, -0.25) is 0 Å². The largest absolute Gasteiger partial charge is 0.395 e. The van der Waals surface area contributed by atoms with Crippen molar-refractivity contribution in [2.24, 2.45) is 0 Å². The molecule has 56 valence electrons. The van der Waals surface area contributed by atoms with Crippen LogP contribution in [-0.4, -0.2) is 34.2 Å². The zero-order chi connectivity index (χ0) is 7.28. The SMILES string of the molecule is CC(O)CC(CO)NO. The number of nitrogens with one attached hydrogen (secondary N) is 1. The molecule has 0 saturated heterocycles. The molecule has 4 N–H and O–H groups in total. The molecule has 0 spiro atoms. The molecule has 0 aromatic carbocycles. The van der Waals surface area contributed by atoms with Crippen LogP contribution in [0, 0.1) is 0 Å². The molecule has 0 rings (SSSR count). The third-order valence-electron chi connectivity index (χ3n) is 1.03. The summed E-state index contributed by atoms with van der Waals surface area (Å²) in [7, 11) is 0. The molecule has 0 amide bonds. The van der Waals surface area contributed by atoms with Gasteiger partial charge in [-0.15, -0.1) is 0 Å². The van der Waals surface area contributed by atoms with Crippen LogP contribution in [0.15, 0.2) is 0 Å². The van der Waals surface area contributed by atoms with Gasteiger partial charge in [0.25, 0.3) is 0 Å². The Morgan fingerprint density at radius 3 is 2.22 bits per heavy atom. The molecule has 0 aliphatic heterocycles. The molecular formula is C5H13NO3. The lowest BCUT2D eigenvalue weighted by Crippen LogP contribution is -2.32. The fraction of sp³-hybridized carbons (Fsp3) is 1.00. The second kappa shape index (κ2) is 4.69. The van der Waals surface area contributed by atoms with Gasteiger partial charge >= 0.3 is 0 Å². The number of hydroxylamine groups is 1. The first kappa shape index (κ1) is 8.84. The third-order valence-corrected chi connectivity index (χ3v) is 1.03. The first-order chi connectivity index (χ1) is 4.20. The van der Waals surface area contributed by atoms with E-state index in [4.69, 9.17) is 15.4 Å². The normalized spacial score (nSPS) is 17.3. The zero-order valence-corrected chi connectivity index (χ0v) is 5.41. The molecule has 2 atom stereocenters. The van der Waals surface area contributed by atoms with E-state index in [9.17, 15) is 0 Å². The van der Waals surface area contributed by atoms with Gasteiger partial charge in [0.1, 0.15) is 0 Å². The van der Waals surface area contributed by atoms with Gasteiger partial charge in [-0.25, -0.2) is 5.48 Å². The smallest absolute Gasteiger partial charge is 0.0608 e. The van der Waals surface area contributed by atoms with Gasteiger partial charge in [-0.05, 0) is 13.3 Å². The fourth-order valence-corrected chi connectivity index (χ4v) is 0.580. The van der Waals surface area contributed by atoms with E-state index in [0.29, 0.717) is 6.42 Å². The van der Waals surface area contributed by atoms with Gasteiger partial charge in [0.2, 0.25) is 0 Å². The van der Waals surface area contributed by atoms with Gasteiger partial charge in [-0.1, -0.05) is 0 Å². The Morgan fingerprint density at radius 1 is 1.56 bits per heavy atom. The average Bonchev–Trinajstić information content (AvgIpc) is 1.82. The van der Waals surface area contributed by atoms with Crippen molar-refractivity contribution < 1.29 is 15.4 Å². The molecule has 0 saturated carbocycles. The van der Waals surface area contributed by atoms with Crippen LogP contribution in [0.25, 0.3) is 0 Å². The topological polar surface area (TPSA) is 72.7 Å². The Kier molecular flexibility index (Phi) is 4.61. The third kappa shape index (κ3) is 4.35. The van der Waals surface area contributed by atoms with Crippen LogP contribution in [-0.2, 0) is 0 Å². The molecule has 9 heavy (non-hydrogen) atoms. The highest BCUT2D eigenvalue weighted by Gasteiger charge is 2.07. The summed E-state index contributed by atoms with van der Waals surface area (Å²) in [5, 5.41) is 25.4. The zero-order valence-electron chi connectivity index (χ0n) is 5.41. The van der Waals surface area contributed by atoms with E-state index in [2.05, 4.69) is 0 Å². The Morgan fingerprint density at radius 2 is 2.11 bits per heavy atom. The maximum atomic E-state index is 8.72. The van der Waals surface area contributed by atoms with Crippen molar-refractivity contribution in [3.63, 3.8) is 0 Å². The predicted molar refractivity (Wildman–Crippen MR) is 32.1 cm³/mol. The molecule has 4 nitrogen and oxygen atoms in total. The minimum atomic E-state index is -0.498. The van der Waals surface area contributed by atoms with Gasteiger partial charge in [0.15, 0.2) is 0 Å². The van der Waals surface area contributed by atoms with Crippen LogP contribution in [0.5, 0.6) is 0 Å². The molecule has 4 heteroatoms. The summed E-state index contributed by atoms with van der Waals surface area (Å²) in [5.74, 6) is 0. The van der Waals surface area contributed by atoms with Crippen LogP contribution in [0.2, 0.25) is 0 Å². The van der Waals surface area contributed by atoms with Crippen LogP contribution in [0.3, 0.4) is 0 Å². The standard InChI is InChI=1S/C5H13NO3/c1-4(8)2-5(3-7)6-9/h4-9H,2-3H2,1H3. The lowest BCUT2D eigenvalue weighted by atomic mass is 10.1. The van der Waals surface area contributed by atoms with E-state index in [-0.39, 0.29) is 6.61 Å². The number of hydrogen-bond acceptors (Lipinski definition) is 4. The average molecular weight is 135 g/mol. The molecule has 0 bridgehead atoms. The van der Waals surface area contributed by atoms with E-state index in [1.807, 2.05) is 5.48 Å². The molecule has 0 radical (unpaired) electrons.